The molecule has 1 aromatic carbocycles. The predicted molar refractivity (Wildman–Crippen MR) is 81.9 cm³/mol. The Balaban J connectivity index is 2.85. The Bertz CT molecular complexity index is 539. The smallest absolute Gasteiger partial charge is 0.296 e. The molecule has 0 aliphatic carbocycles. The van der Waals surface area contributed by atoms with Crippen molar-refractivity contribution in [3.05, 3.63) is 42.5 Å². The highest BCUT2D eigenvalue weighted by Crippen LogP contribution is 2.26. The van der Waals surface area contributed by atoms with Crippen LogP contribution in [0.5, 0.6) is 5.75 Å². The summed E-state index contributed by atoms with van der Waals surface area (Å²) in [4.78, 5) is 0. The van der Waals surface area contributed by atoms with Gasteiger partial charge in [0, 0.05) is 12.2 Å². The van der Waals surface area contributed by atoms with Gasteiger partial charge in [-0.25, -0.2) is 0 Å². The van der Waals surface area contributed by atoms with Crippen LogP contribution >= 0.6 is 0 Å². The fourth-order valence-electron chi connectivity index (χ4n) is 1.80. The van der Waals surface area contributed by atoms with Gasteiger partial charge >= 0.3 is 0 Å². The molecular formula is C15H22O5S. The van der Waals surface area contributed by atoms with E-state index in [1.807, 2.05) is 6.92 Å². The molecule has 0 spiro atoms. The van der Waals surface area contributed by atoms with E-state index in [1.54, 1.807) is 30.3 Å². The standard InChI is InChI=1S/C15H22O5S/c1-3-5-6-11-20-15(21(16,17)18)13-8-7-9-14(12-13)19-10-4-2/h4,7-9,12,15H,2-3,5-6,10-11H2,1H3,(H,16,17,18). The Kier molecular flexibility index (Phi) is 7.42. The average molecular weight is 314 g/mol. The molecular weight excluding hydrogens is 292 g/mol. The molecule has 118 valence electrons. The molecule has 1 aromatic rings. The SMILES string of the molecule is C=CCOc1cccc(C(OCCCCC)S(=O)(=O)O)c1. The van der Waals surface area contributed by atoms with Crippen LogP contribution in [0.15, 0.2) is 36.9 Å². The van der Waals surface area contributed by atoms with Crippen molar-refractivity contribution in [1.82, 2.24) is 0 Å². The lowest BCUT2D eigenvalue weighted by Gasteiger charge is -2.16. The van der Waals surface area contributed by atoms with E-state index in [0.717, 1.165) is 19.3 Å². The third-order valence-corrected chi connectivity index (χ3v) is 3.74. The van der Waals surface area contributed by atoms with Crippen LogP contribution in [0.4, 0.5) is 0 Å². The summed E-state index contributed by atoms with van der Waals surface area (Å²) in [6, 6.07) is 6.48. The van der Waals surface area contributed by atoms with Crippen LogP contribution in [0.1, 0.15) is 37.2 Å². The number of unbranched alkanes of at least 4 members (excludes halogenated alkanes) is 2. The summed E-state index contributed by atoms with van der Waals surface area (Å²) in [6.45, 7) is 6.18. The fraction of sp³-hybridized carbons (Fsp3) is 0.467. The van der Waals surface area contributed by atoms with Gasteiger partial charge in [-0.3, -0.25) is 4.55 Å². The Morgan fingerprint density at radius 2 is 2.14 bits per heavy atom. The van der Waals surface area contributed by atoms with Crippen molar-refractivity contribution >= 4 is 10.1 Å². The van der Waals surface area contributed by atoms with Gasteiger partial charge in [-0.1, -0.05) is 44.6 Å². The normalized spacial score (nSPS) is 12.9. The summed E-state index contributed by atoms with van der Waals surface area (Å²) in [7, 11) is -4.34. The number of rotatable bonds is 10. The molecule has 0 aromatic heterocycles. The molecule has 0 saturated carbocycles. The largest absolute Gasteiger partial charge is 0.490 e. The molecule has 1 N–H and O–H groups in total. The lowest BCUT2D eigenvalue weighted by Crippen LogP contribution is -2.16. The highest BCUT2D eigenvalue weighted by atomic mass is 32.2. The minimum Gasteiger partial charge on any atom is -0.490 e. The van der Waals surface area contributed by atoms with Gasteiger partial charge in [0.25, 0.3) is 10.1 Å². The zero-order valence-electron chi connectivity index (χ0n) is 12.2. The molecule has 0 aliphatic heterocycles. The summed E-state index contributed by atoms with van der Waals surface area (Å²) in [5.41, 5.74) is -1.04. The molecule has 1 unspecified atom stereocenters. The first kappa shape index (κ1) is 17.7. The molecule has 1 atom stereocenters. The zero-order valence-corrected chi connectivity index (χ0v) is 13.0. The van der Waals surface area contributed by atoms with E-state index in [2.05, 4.69) is 6.58 Å². The number of ether oxygens (including phenoxy) is 2. The minimum absolute atomic E-state index is 0.274. The fourth-order valence-corrected chi connectivity index (χ4v) is 2.56. The lowest BCUT2D eigenvalue weighted by molar-refractivity contribution is 0.0957. The minimum atomic E-state index is -4.34. The average Bonchev–Trinajstić information content (AvgIpc) is 2.44. The molecule has 6 heteroatoms. The number of hydrogen-bond donors (Lipinski definition) is 1. The first-order valence-electron chi connectivity index (χ1n) is 6.90. The van der Waals surface area contributed by atoms with Crippen LogP contribution < -0.4 is 4.74 Å². The van der Waals surface area contributed by atoms with Crippen molar-refractivity contribution < 1.29 is 22.4 Å². The third-order valence-electron chi connectivity index (χ3n) is 2.79. The van der Waals surface area contributed by atoms with Crippen LogP contribution in [-0.4, -0.2) is 26.2 Å². The summed E-state index contributed by atoms with van der Waals surface area (Å²) in [5, 5.41) is 0. The summed E-state index contributed by atoms with van der Waals surface area (Å²) in [5.74, 6) is 0.498. The van der Waals surface area contributed by atoms with Crippen molar-refractivity contribution in [3.63, 3.8) is 0 Å². The highest BCUT2D eigenvalue weighted by molar-refractivity contribution is 7.85. The van der Waals surface area contributed by atoms with E-state index in [9.17, 15) is 13.0 Å². The zero-order chi connectivity index (χ0) is 15.7. The van der Waals surface area contributed by atoms with E-state index in [4.69, 9.17) is 9.47 Å². The van der Waals surface area contributed by atoms with Gasteiger partial charge in [-0.15, -0.1) is 0 Å². The number of benzene rings is 1. The van der Waals surface area contributed by atoms with E-state index in [-0.39, 0.29) is 6.61 Å². The second kappa shape index (κ2) is 8.81. The van der Waals surface area contributed by atoms with Gasteiger partial charge in [-0.2, -0.15) is 8.42 Å². The quantitative estimate of drug-likeness (QED) is 0.407. The maximum Gasteiger partial charge on any atom is 0.296 e. The summed E-state index contributed by atoms with van der Waals surface area (Å²) < 4.78 is 43.0. The Morgan fingerprint density at radius 3 is 2.76 bits per heavy atom. The maximum absolute atomic E-state index is 11.5. The van der Waals surface area contributed by atoms with Crippen molar-refractivity contribution in [2.24, 2.45) is 0 Å². The maximum atomic E-state index is 11.5. The van der Waals surface area contributed by atoms with Crippen LogP contribution in [0.2, 0.25) is 0 Å². The summed E-state index contributed by atoms with van der Waals surface area (Å²) >= 11 is 0. The molecule has 1 rings (SSSR count). The van der Waals surface area contributed by atoms with Crippen molar-refractivity contribution in [2.75, 3.05) is 13.2 Å². The van der Waals surface area contributed by atoms with Gasteiger partial charge in [-0.05, 0) is 18.6 Å². The van der Waals surface area contributed by atoms with Crippen molar-refractivity contribution in [3.8, 4) is 5.75 Å². The molecule has 0 amide bonds. The Labute approximate surface area is 126 Å². The van der Waals surface area contributed by atoms with Gasteiger partial charge in [0.1, 0.15) is 12.4 Å². The van der Waals surface area contributed by atoms with Crippen molar-refractivity contribution in [2.45, 2.75) is 31.6 Å². The Hall–Kier alpha value is -1.37. The van der Waals surface area contributed by atoms with E-state index < -0.39 is 15.6 Å². The first-order chi connectivity index (χ1) is 9.99. The number of hydrogen-bond acceptors (Lipinski definition) is 4. The van der Waals surface area contributed by atoms with Gasteiger partial charge in [0.05, 0.1) is 0 Å². The molecule has 0 aliphatic rings. The second-order valence-electron chi connectivity index (χ2n) is 4.60. The molecule has 0 saturated heterocycles. The highest BCUT2D eigenvalue weighted by Gasteiger charge is 2.26. The monoisotopic (exact) mass is 314 g/mol. The molecule has 0 heterocycles. The van der Waals surface area contributed by atoms with Crippen molar-refractivity contribution in [1.29, 1.82) is 0 Å². The van der Waals surface area contributed by atoms with Crippen LogP contribution in [0.3, 0.4) is 0 Å². The van der Waals surface area contributed by atoms with Gasteiger partial charge < -0.3 is 9.47 Å². The topological polar surface area (TPSA) is 72.8 Å². The lowest BCUT2D eigenvalue weighted by atomic mass is 10.2. The van der Waals surface area contributed by atoms with E-state index in [1.165, 1.54) is 0 Å². The van der Waals surface area contributed by atoms with Crippen LogP contribution in [0, 0.1) is 0 Å². The predicted octanol–water partition coefficient (Wildman–Crippen LogP) is 3.34. The molecule has 0 bridgehead atoms. The molecule has 5 nitrogen and oxygen atoms in total. The van der Waals surface area contributed by atoms with E-state index >= 15 is 0 Å². The van der Waals surface area contributed by atoms with Crippen LogP contribution in [0.25, 0.3) is 0 Å². The van der Waals surface area contributed by atoms with Crippen LogP contribution in [-0.2, 0) is 14.9 Å². The van der Waals surface area contributed by atoms with Gasteiger partial charge in [0.2, 0.25) is 5.44 Å². The molecule has 21 heavy (non-hydrogen) atoms. The Morgan fingerprint density at radius 1 is 1.38 bits per heavy atom. The van der Waals surface area contributed by atoms with Gasteiger partial charge in [0.15, 0.2) is 0 Å². The first-order valence-corrected chi connectivity index (χ1v) is 8.41. The van der Waals surface area contributed by atoms with E-state index in [0.29, 0.717) is 17.9 Å². The summed E-state index contributed by atoms with van der Waals surface area (Å²) in [6.07, 6.45) is 4.29. The molecule has 0 radical (unpaired) electrons. The second-order valence-corrected chi connectivity index (χ2v) is 6.06. The molecule has 0 fully saturated rings. The third kappa shape index (κ3) is 6.29.